The maximum atomic E-state index is 11.3. The van der Waals surface area contributed by atoms with Gasteiger partial charge in [0.2, 0.25) is 0 Å². The average Bonchev–Trinajstić information content (AvgIpc) is 2.65. The largest absolute Gasteiger partial charge is 0.494 e. The Kier molecular flexibility index (Phi) is 5.50. The highest BCUT2D eigenvalue weighted by atomic mass is 16.5. The van der Waals surface area contributed by atoms with Gasteiger partial charge in [-0.2, -0.15) is 0 Å². The second kappa shape index (κ2) is 7.59. The first kappa shape index (κ1) is 18.8. The number of urea groups is 2. The molecule has 138 valence electrons. The van der Waals surface area contributed by atoms with Crippen molar-refractivity contribution in [1.82, 2.24) is 0 Å². The fourth-order valence-electron chi connectivity index (χ4n) is 2.35. The number of hydrogen-bond acceptors (Lipinski definition) is 6. The van der Waals surface area contributed by atoms with E-state index >= 15 is 0 Å². The Morgan fingerprint density at radius 1 is 0.769 bits per heavy atom. The predicted octanol–water partition coefficient (Wildman–Crippen LogP) is 0.888. The second-order valence-corrected chi connectivity index (χ2v) is 5.19. The maximum absolute atomic E-state index is 11.3. The van der Waals surface area contributed by atoms with E-state index < -0.39 is 12.1 Å². The number of carbonyl (C=O) groups excluding carboxylic acids is 2. The third-order valence-electron chi connectivity index (χ3n) is 3.69. The van der Waals surface area contributed by atoms with Crippen molar-refractivity contribution >= 4 is 23.4 Å². The van der Waals surface area contributed by atoms with E-state index in [0.29, 0.717) is 22.9 Å². The van der Waals surface area contributed by atoms with E-state index in [2.05, 4.69) is 0 Å². The monoisotopic (exact) mass is 360 g/mol. The van der Waals surface area contributed by atoms with Gasteiger partial charge < -0.3 is 20.9 Å². The van der Waals surface area contributed by atoms with Crippen LogP contribution in [0.3, 0.4) is 0 Å². The zero-order chi connectivity index (χ0) is 19.4. The van der Waals surface area contributed by atoms with Crippen LogP contribution in [0.1, 0.15) is 0 Å². The van der Waals surface area contributed by atoms with Crippen LogP contribution in [0.25, 0.3) is 11.1 Å². The minimum absolute atomic E-state index is 0.314. The minimum atomic E-state index is -0.823. The Labute approximate surface area is 149 Å². The lowest BCUT2D eigenvalue weighted by atomic mass is 10.0. The average molecular weight is 360 g/mol. The number of anilines is 2. The lowest BCUT2D eigenvalue weighted by molar-refractivity contribution is 0.253. The van der Waals surface area contributed by atoms with Gasteiger partial charge in [0.25, 0.3) is 0 Å². The number of ether oxygens (including phenoxy) is 2. The number of amides is 4. The van der Waals surface area contributed by atoms with Gasteiger partial charge in [-0.3, -0.25) is 0 Å². The van der Waals surface area contributed by atoms with Gasteiger partial charge in [0.1, 0.15) is 22.9 Å². The maximum Gasteiger partial charge on any atom is 0.333 e. The van der Waals surface area contributed by atoms with Crippen molar-refractivity contribution in [3.8, 4) is 22.6 Å². The first-order valence-corrected chi connectivity index (χ1v) is 7.35. The summed E-state index contributed by atoms with van der Waals surface area (Å²) >= 11 is 0. The van der Waals surface area contributed by atoms with E-state index in [1.165, 1.54) is 14.2 Å². The summed E-state index contributed by atoms with van der Waals surface area (Å²) in [6.07, 6.45) is 0. The van der Waals surface area contributed by atoms with Crippen molar-refractivity contribution in [2.24, 2.45) is 23.2 Å². The SMILES string of the molecule is COc1cc(-c2ccc(N(N)C(N)=O)c(OC)c2)ccc1N(N)C(N)=O. The molecule has 0 fully saturated rings. The van der Waals surface area contributed by atoms with Gasteiger partial charge in [-0.15, -0.1) is 0 Å². The van der Waals surface area contributed by atoms with Crippen LogP contribution in [0.4, 0.5) is 21.0 Å². The molecule has 4 amide bonds. The number of hydrogen-bond donors (Lipinski definition) is 4. The highest BCUT2D eigenvalue weighted by molar-refractivity contribution is 5.93. The molecule has 0 radical (unpaired) electrons. The van der Waals surface area contributed by atoms with Crippen molar-refractivity contribution in [1.29, 1.82) is 0 Å². The Bertz CT molecular complexity index is 772. The van der Waals surface area contributed by atoms with Crippen LogP contribution in [0, 0.1) is 0 Å². The Morgan fingerprint density at radius 2 is 1.12 bits per heavy atom. The number of rotatable bonds is 5. The minimum Gasteiger partial charge on any atom is -0.494 e. The molecule has 0 saturated heterocycles. The zero-order valence-electron chi connectivity index (χ0n) is 14.3. The number of benzene rings is 2. The lowest BCUT2D eigenvalue weighted by Gasteiger charge is -2.19. The number of carbonyl (C=O) groups is 2. The molecule has 0 aliphatic rings. The molecule has 0 atom stereocenters. The molecule has 2 rings (SSSR count). The molecule has 8 N–H and O–H groups in total. The number of methoxy groups -OCH3 is 2. The van der Waals surface area contributed by atoms with Gasteiger partial charge in [0.05, 0.1) is 14.2 Å². The smallest absolute Gasteiger partial charge is 0.333 e. The van der Waals surface area contributed by atoms with E-state index in [1.807, 2.05) is 0 Å². The van der Waals surface area contributed by atoms with Crippen molar-refractivity contribution in [2.45, 2.75) is 0 Å². The molecular weight excluding hydrogens is 340 g/mol. The molecule has 0 aliphatic heterocycles. The predicted molar refractivity (Wildman–Crippen MR) is 97.5 cm³/mol. The summed E-state index contributed by atoms with van der Waals surface area (Å²) < 4.78 is 10.6. The molecule has 0 aliphatic carbocycles. The molecule has 0 heterocycles. The number of nitrogens with two attached hydrogens (primary N) is 4. The van der Waals surface area contributed by atoms with Gasteiger partial charge in [-0.05, 0) is 35.4 Å². The highest BCUT2D eigenvalue weighted by Crippen LogP contribution is 2.36. The van der Waals surface area contributed by atoms with Gasteiger partial charge in [0, 0.05) is 0 Å². The molecule has 0 unspecified atom stereocenters. The molecule has 10 heteroatoms. The van der Waals surface area contributed by atoms with Gasteiger partial charge in [0.15, 0.2) is 0 Å². The Hall–Kier alpha value is -3.50. The van der Waals surface area contributed by atoms with Gasteiger partial charge >= 0.3 is 12.1 Å². The molecule has 0 saturated carbocycles. The molecule has 2 aromatic rings. The molecule has 2 aromatic carbocycles. The number of primary amides is 2. The van der Waals surface area contributed by atoms with Crippen LogP contribution in [0.2, 0.25) is 0 Å². The molecule has 10 nitrogen and oxygen atoms in total. The molecule has 0 aromatic heterocycles. The first-order valence-electron chi connectivity index (χ1n) is 7.35. The summed E-state index contributed by atoms with van der Waals surface area (Å²) in [5.41, 5.74) is 12.5. The van der Waals surface area contributed by atoms with Crippen molar-refractivity contribution in [3.05, 3.63) is 36.4 Å². The van der Waals surface area contributed by atoms with E-state index in [-0.39, 0.29) is 0 Å². The molecule has 0 bridgehead atoms. The topological polar surface area (TPSA) is 163 Å². The summed E-state index contributed by atoms with van der Waals surface area (Å²) in [5, 5.41) is 1.57. The second-order valence-electron chi connectivity index (χ2n) is 5.19. The van der Waals surface area contributed by atoms with Crippen LogP contribution >= 0.6 is 0 Å². The summed E-state index contributed by atoms with van der Waals surface area (Å²) in [4.78, 5) is 22.5. The summed E-state index contributed by atoms with van der Waals surface area (Å²) in [6.45, 7) is 0. The highest BCUT2D eigenvalue weighted by Gasteiger charge is 2.17. The van der Waals surface area contributed by atoms with Gasteiger partial charge in [-0.25, -0.2) is 31.3 Å². The molecule has 26 heavy (non-hydrogen) atoms. The first-order chi connectivity index (χ1) is 12.3. The van der Waals surface area contributed by atoms with Crippen LogP contribution < -0.4 is 42.6 Å². The Morgan fingerprint density at radius 3 is 1.38 bits per heavy atom. The van der Waals surface area contributed by atoms with Crippen molar-refractivity contribution < 1.29 is 19.1 Å². The molecule has 0 spiro atoms. The van der Waals surface area contributed by atoms with Crippen molar-refractivity contribution in [2.75, 3.05) is 24.2 Å². The third-order valence-corrected chi connectivity index (χ3v) is 3.69. The van der Waals surface area contributed by atoms with Crippen molar-refractivity contribution in [3.63, 3.8) is 0 Å². The quantitative estimate of drug-likeness (QED) is 0.351. The summed E-state index contributed by atoms with van der Waals surface area (Å²) in [5.74, 6) is 12.0. The summed E-state index contributed by atoms with van der Waals surface area (Å²) in [7, 11) is 2.89. The molecular formula is C16H20N6O4. The fourth-order valence-corrected chi connectivity index (χ4v) is 2.35. The summed E-state index contributed by atoms with van der Waals surface area (Å²) in [6, 6.07) is 8.36. The number of hydrazine groups is 2. The third kappa shape index (κ3) is 3.61. The van der Waals surface area contributed by atoms with Gasteiger partial charge in [-0.1, -0.05) is 12.1 Å². The standard InChI is InChI=1S/C16H20N6O4/c1-25-13-7-9(3-5-11(13)21(19)15(17)23)10-4-6-12(14(8-10)26-2)22(20)16(18)24/h3-8H,19-20H2,1-2H3,(H2,17,23)(H2,18,24). The number of nitrogens with zero attached hydrogens (tertiary/aromatic N) is 2. The van der Waals surface area contributed by atoms with E-state index in [4.69, 9.17) is 32.6 Å². The van der Waals surface area contributed by atoms with Crippen LogP contribution in [0.15, 0.2) is 36.4 Å². The lowest BCUT2D eigenvalue weighted by Crippen LogP contribution is -2.41. The van der Waals surface area contributed by atoms with Crippen LogP contribution in [0.5, 0.6) is 11.5 Å². The van der Waals surface area contributed by atoms with E-state index in [9.17, 15) is 9.59 Å². The van der Waals surface area contributed by atoms with E-state index in [1.54, 1.807) is 36.4 Å². The van der Waals surface area contributed by atoms with Crippen LogP contribution in [-0.2, 0) is 0 Å². The van der Waals surface area contributed by atoms with Crippen LogP contribution in [-0.4, -0.2) is 26.3 Å². The fraction of sp³-hybridized carbons (Fsp3) is 0.125. The zero-order valence-corrected chi connectivity index (χ0v) is 14.3. The Balaban J connectivity index is 2.48. The van der Waals surface area contributed by atoms with E-state index in [0.717, 1.165) is 21.1 Å². The normalized spacial score (nSPS) is 10.2.